The number of fused-ring (bicyclic) bond motifs is 1. The maximum Gasteiger partial charge on any atom is 0.123 e. The molecule has 2 aromatic carbocycles. The number of phenols is 1. The Morgan fingerprint density at radius 3 is 2.38 bits per heavy atom. The summed E-state index contributed by atoms with van der Waals surface area (Å²) in [6, 6.07) is 11.9. The molecular weight excluding hydrogens is 198 g/mol. The fourth-order valence-electron chi connectivity index (χ4n) is 2.51. The van der Waals surface area contributed by atoms with Crippen LogP contribution in [-0.2, 0) is 0 Å². The van der Waals surface area contributed by atoms with Crippen LogP contribution < -0.4 is 4.90 Å². The van der Waals surface area contributed by atoms with Crippen LogP contribution in [0, 0.1) is 0 Å². The van der Waals surface area contributed by atoms with Gasteiger partial charge in [-0.15, -0.1) is 0 Å². The highest BCUT2D eigenvalue weighted by atomic mass is 16.3. The van der Waals surface area contributed by atoms with E-state index >= 15 is 0 Å². The molecule has 1 heterocycles. The van der Waals surface area contributed by atoms with Crippen LogP contribution in [0.15, 0.2) is 36.4 Å². The van der Waals surface area contributed by atoms with Crippen molar-refractivity contribution in [2.75, 3.05) is 18.0 Å². The second-order valence-electron chi connectivity index (χ2n) is 4.34. The van der Waals surface area contributed by atoms with Crippen LogP contribution in [0.3, 0.4) is 0 Å². The molecule has 0 atom stereocenters. The van der Waals surface area contributed by atoms with Crippen LogP contribution in [0.1, 0.15) is 12.8 Å². The Morgan fingerprint density at radius 1 is 0.875 bits per heavy atom. The summed E-state index contributed by atoms with van der Waals surface area (Å²) < 4.78 is 0. The molecule has 0 radical (unpaired) electrons. The zero-order valence-electron chi connectivity index (χ0n) is 9.19. The molecule has 2 heteroatoms. The predicted molar refractivity (Wildman–Crippen MR) is 67.1 cm³/mol. The summed E-state index contributed by atoms with van der Waals surface area (Å²) in [6.07, 6.45) is 2.55. The molecule has 82 valence electrons. The Bertz CT molecular complexity index is 515. The second-order valence-corrected chi connectivity index (χ2v) is 4.34. The normalized spacial score (nSPS) is 15.9. The van der Waals surface area contributed by atoms with Gasteiger partial charge in [-0.2, -0.15) is 0 Å². The lowest BCUT2D eigenvalue weighted by atomic mass is 10.1. The van der Waals surface area contributed by atoms with Crippen molar-refractivity contribution in [3.8, 4) is 5.75 Å². The molecule has 0 bridgehead atoms. The minimum Gasteiger partial charge on any atom is -0.507 e. The maximum atomic E-state index is 9.82. The number of rotatable bonds is 1. The number of benzene rings is 2. The van der Waals surface area contributed by atoms with Gasteiger partial charge in [0.1, 0.15) is 5.75 Å². The van der Waals surface area contributed by atoms with E-state index in [9.17, 15) is 5.11 Å². The Balaban J connectivity index is 2.20. The number of nitrogens with zero attached hydrogens (tertiary/aromatic N) is 1. The molecule has 1 N–H and O–H groups in total. The van der Waals surface area contributed by atoms with Crippen molar-refractivity contribution in [1.82, 2.24) is 0 Å². The molecule has 2 aromatic rings. The molecule has 16 heavy (non-hydrogen) atoms. The number of aromatic hydroxyl groups is 1. The van der Waals surface area contributed by atoms with E-state index in [1.165, 1.54) is 18.5 Å². The van der Waals surface area contributed by atoms with E-state index in [0.717, 1.165) is 23.9 Å². The lowest BCUT2D eigenvalue weighted by molar-refractivity contribution is 0.481. The van der Waals surface area contributed by atoms with Crippen LogP contribution in [0.5, 0.6) is 5.75 Å². The monoisotopic (exact) mass is 213 g/mol. The minimum atomic E-state index is 0.374. The van der Waals surface area contributed by atoms with Crippen LogP contribution in [-0.4, -0.2) is 18.2 Å². The third kappa shape index (κ3) is 1.42. The van der Waals surface area contributed by atoms with Gasteiger partial charge in [-0.25, -0.2) is 0 Å². The summed E-state index contributed by atoms with van der Waals surface area (Å²) in [7, 11) is 0. The average Bonchev–Trinajstić information content (AvgIpc) is 2.82. The first-order valence-corrected chi connectivity index (χ1v) is 5.82. The van der Waals surface area contributed by atoms with Crippen molar-refractivity contribution < 1.29 is 5.11 Å². The predicted octanol–water partition coefficient (Wildman–Crippen LogP) is 3.15. The molecule has 0 aliphatic carbocycles. The van der Waals surface area contributed by atoms with Crippen molar-refractivity contribution in [3.05, 3.63) is 36.4 Å². The van der Waals surface area contributed by atoms with E-state index in [0.29, 0.717) is 5.75 Å². The molecule has 0 aromatic heterocycles. The van der Waals surface area contributed by atoms with Crippen LogP contribution >= 0.6 is 0 Å². The van der Waals surface area contributed by atoms with Gasteiger partial charge in [-0.1, -0.05) is 24.3 Å². The summed E-state index contributed by atoms with van der Waals surface area (Å²) in [6.45, 7) is 2.27. The lowest BCUT2D eigenvalue weighted by Gasteiger charge is -2.19. The van der Waals surface area contributed by atoms with Crippen molar-refractivity contribution in [2.24, 2.45) is 0 Å². The highest BCUT2D eigenvalue weighted by molar-refractivity contribution is 5.97. The molecule has 0 unspecified atom stereocenters. The molecule has 0 spiro atoms. The van der Waals surface area contributed by atoms with Gasteiger partial charge in [0, 0.05) is 29.5 Å². The summed E-state index contributed by atoms with van der Waals surface area (Å²) >= 11 is 0. The van der Waals surface area contributed by atoms with Gasteiger partial charge in [0.15, 0.2) is 0 Å². The Hall–Kier alpha value is -1.70. The fraction of sp³-hybridized carbons (Fsp3) is 0.286. The zero-order chi connectivity index (χ0) is 11.0. The van der Waals surface area contributed by atoms with Crippen LogP contribution in [0.2, 0.25) is 0 Å². The highest BCUT2D eigenvalue weighted by Crippen LogP contribution is 2.33. The molecular formula is C14H15NO. The maximum absolute atomic E-state index is 9.82. The SMILES string of the molecule is Oc1cccc2c(N3CCCC3)cccc12. The topological polar surface area (TPSA) is 23.5 Å². The van der Waals surface area contributed by atoms with Crippen molar-refractivity contribution in [2.45, 2.75) is 12.8 Å². The molecule has 1 aliphatic heterocycles. The quantitative estimate of drug-likeness (QED) is 0.786. The first kappa shape index (κ1) is 9.52. The third-order valence-electron chi connectivity index (χ3n) is 3.32. The fourth-order valence-corrected chi connectivity index (χ4v) is 2.51. The van der Waals surface area contributed by atoms with Crippen molar-refractivity contribution >= 4 is 16.5 Å². The summed E-state index contributed by atoms with van der Waals surface area (Å²) in [5, 5.41) is 11.9. The lowest BCUT2D eigenvalue weighted by Crippen LogP contribution is -2.17. The number of hydrogen-bond acceptors (Lipinski definition) is 2. The molecule has 1 aliphatic rings. The smallest absolute Gasteiger partial charge is 0.123 e. The summed E-state index contributed by atoms with van der Waals surface area (Å²) in [5.74, 6) is 0.374. The molecule has 3 rings (SSSR count). The van der Waals surface area contributed by atoms with Gasteiger partial charge < -0.3 is 10.0 Å². The first-order chi connectivity index (χ1) is 7.86. The Kier molecular flexibility index (Phi) is 2.21. The van der Waals surface area contributed by atoms with E-state index < -0.39 is 0 Å². The van der Waals surface area contributed by atoms with Gasteiger partial charge >= 0.3 is 0 Å². The van der Waals surface area contributed by atoms with Gasteiger partial charge in [-0.05, 0) is 25.0 Å². The largest absolute Gasteiger partial charge is 0.507 e. The molecule has 0 amide bonds. The highest BCUT2D eigenvalue weighted by Gasteiger charge is 2.14. The average molecular weight is 213 g/mol. The Labute approximate surface area is 95.1 Å². The third-order valence-corrected chi connectivity index (χ3v) is 3.32. The number of phenolic OH excluding ortho intramolecular Hbond substituents is 1. The van der Waals surface area contributed by atoms with E-state index in [1.54, 1.807) is 6.07 Å². The molecule has 1 fully saturated rings. The van der Waals surface area contributed by atoms with Gasteiger partial charge in [-0.3, -0.25) is 0 Å². The first-order valence-electron chi connectivity index (χ1n) is 5.82. The van der Waals surface area contributed by atoms with E-state index in [2.05, 4.69) is 17.0 Å². The zero-order valence-corrected chi connectivity index (χ0v) is 9.19. The molecule has 0 saturated carbocycles. The second kappa shape index (κ2) is 3.71. The molecule has 1 saturated heterocycles. The van der Waals surface area contributed by atoms with Gasteiger partial charge in [0.05, 0.1) is 0 Å². The van der Waals surface area contributed by atoms with Crippen molar-refractivity contribution in [3.63, 3.8) is 0 Å². The van der Waals surface area contributed by atoms with E-state index in [-0.39, 0.29) is 0 Å². The van der Waals surface area contributed by atoms with Crippen molar-refractivity contribution in [1.29, 1.82) is 0 Å². The van der Waals surface area contributed by atoms with Crippen LogP contribution in [0.4, 0.5) is 5.69 Å². The van der Waals surface area contributed by atoms with Gasteiger partial charge in [0.2, 0.25) is 0 Å². The van der Waals surface area contributed by atoms with E-state index in [4.69, 9.17) is 0 Å². The summed E-state index contributed by atoms with van der Waals surface area (Å²) in [4.78, 5) is 2.40. The molecule has 2 nitrogen and oxygen atoms in total. The Morgan fingerprint density at radius 2 is 1.56 bits per heavy atom. The number of anilines is 1. The number of hydrogen-bond donors (Lipinski definition) is 1. The standard InChI is InChI=1S/C14H15NO/c16-14-8-4-5-11-12(14)6-3-7-13(11)15-9-1-2-10-15/h3-8,16H,1-2,9-10H2. The summed E-state index contributed by atoms with van der Waals surface area (Å²) in [5.41, 5.74) is 1.26. The van der Waals surface area contributed by atoms with E-state index in [1.807, 2.05) is 18.2 Å². The van der Waals surface area contributed by atoms with Gasteiger partial charge in [0.25, 0.3) is 0 Å². The minimum absolute atomic E-state index is 0.374. The van der Waals surface area contributed by atoms with Crippen LogP contribution in [0.25, 0.3) is 10.8 Å².